The predicted octanol–water partition coefficient (Wildman–Crippen LogP) is 1.16. The molecule has 1 amide bonds. The van der Waals surface area contributed by atoms with Crippen LogP contribution in [0.25, 0.3) is 10.9 Å². The molecule has 1 aliphatic heterocycles. The highest BCUT2D eigenvalue weighted by atomic mass is 16.3. The van der Waals surface area contributed by atoms with E-state index < -0.39 is 5.60 Å². The smallest absolute Gasteiger partial charge is 0.254 e. The lowest BCUT2D eigenvalue weighted by molar-refractivity contribution is -0.0826. The first-order valence-corrected chi connectivity index (χ1v) is 6.06. The standard InChI is InChI=1S/C13H15N3O2/c1-2-13(18)7-16(8-13)12(17)9-3-4-10-6-14-15-11(10)5-9/h3-6,18H,2,7-8H2,1H3,(H,14,15). The zero-order valence-electron chi connectivity index (χ0n) is 10.2. The zero-order valence-corrected chi connectivity index (χ0v) is 10.2. The van der Waals surface area contributed by atoms with E-state index in [1.54, 1.807) is 23.2 Å². The number of rotatable bonds is 2. The Labute approximate surface area is 104 Å². The maximum atomic E-state index is 12.2. The summed E-state index contributed by atoms with van der Waals surface area (Å²) >= 11 is 0. The molecule has 1 aromatic heterocycles. The highest BCUT2D eigenvalue weighted by Gasteiger charge is 2.42. The fourth-order valence-corrected chi connectivity index (χ4v) is 2.28. The number of hydrogen-bond donors (Lipinski definition) is 2. The molecule has 1 saturated heterocycles. The van der Waals surface area contributed by atoms with Gasteiger partial charge in [-0.1, -0.05) is 13.0 Å². The third kappa shape index (κ3) is 1.67. The number of carbonyl (C=O) groups excluding carboxylic acids is 1. The van der Waals surface area contributed by atoms with Crippen LogP contribution in [0.15, 0.2) is 24.4 Å². The fraction of sp³-hybridized carbons (Fsp3) is 0.385. The minimum absolute atomic E-state index is 0.0374. The molecule has 18 heavy (non-hydrogen) atoms. The van der Waals surface area contributed by atoms with Gasteiger partial charge in [0.25, 0.3) is 5.91 Å². The van der Waals surface area contributed by atoms with E-state index in [0.717, 1.165) is 10.9 Å². The van der Waals surface area contributed by atoms with Crippen LogP contribution in [0.4, 0.5) is 0 Å². The summed E-state index contributed by atoms with van der Waals surface area (Å²) in [7, 11) is 0. The average molecular weight is 245 g/mol. The Morgan fingerprint density at radius 3 is 3.06 bits per heavy atom. The first-order valence-electron chi connectivity index (χ1n) is 6.06. The minimum Gasteiger partial charge on any atom is -0.386 e. The molecule has 1 aromatic carbocycles. The molecule has 0 spiro atoms. The Bertz CT molecular complexity index is 599. The van der Waals surface area contributed by atoms with E-state index in [1.165, 1.54) is 0 Å². The van der Waals surface area contributed by atoms with E-state index in [2.05, 4.69) is 10.2 Å². The molecule has 2 aromatic rings. The van der Waals surface area contributed by atoms with E-state index in [1.807, 2.05) is 13.0 Å². The number of β-amino-alcohol motifs (C(OH)–C–C–N with tert-alkyl or cyclic N) is 1. The molecule has 0 bridgehead atoms. The number of amides is 1. The molecule has 2 N–H and O–H groups in total. The van der Waals surface area contributed by atoms with Gasteiger partial charge in [-0.15, -0.1) is 0 Å². The Morgan fingerprint density at radius 2 is 2.33 bits per heavy atom. The number of aliphatic hydroxyl groups is 1. The molecule has 5 nitrogen and oxygen atoms in total. The van der Waals surface area contributed by atoms with Crippen molar-refractivity contribution in [2.45, 2.75) is 18.9 Å². The van der Waals surface area contributed by atoms with E-state index in [4.69, 9.17) is 0 Å². The maximum absolute atomic E-state index is 12.2. The van der Waals surface area contributed by atoms with E-state index in [0.29, 0.717) is 25.1 Å². The van der Waals surface area contributed by atoms with Crippen molar-refractivity contribution in [3.63, 3.8) is 0 Å². The number of likely N-dealkylation sites (tertiary alicyclic amines) is 1. The summed E-state index contributed by atoms with van der Waals surface area (Å²) in [6.07, 6.45) is 2.40. The lowest BCUT2D eigenvalue weighted by atomic mass is 9.90. The van der Waals surface area contributed by atoms with Crippen molar-refractivity contribution in [2.75, 3.05) is 13.1 Å². The lowest BCUT2D eigenvalue weighted by Crippen LogP contribution is -2.63. The van der Waals surface area contributed by atoms with Gasteiger partial charge in [0.1, 0.15) is 0 Å². The van der Waals surface area contributed by atoms with Gasteiger partial charge in [0.15, 0.2) is 0 Å². The highest BCUT2D eigenvalue weighted by Crippen LogP contribution is 2.26. The minimum atomic E-state index is -0.687. The van der Waals surface area contributed by atoms with Crippen LogP contribution in [0.2, 0.25) is 0 Å². The lowest BCUT2D eigenvalue weighted by Gasteiger charge is -2.46. The quantitative estimate of drug-likeness (QED) is 0.834. The van der Waals surface area contributed by atoms with Crippen LogP contribution in [-0.4, -0.2) is 44.8 Å². The molecule has 0 atom stereocenters. The number of aromatic amines is 1. The van der Waals surface area contributed by atoms with Crippen LogP contribution in [0.5, 0.6) is 0 Å². The van der Waals surface area contributed by atoms with Crippen LogP contribution in [0.3, 0.4) is 0 Å². The van der Waals surface area contributed by atoms with Crippen LogP contribution in [0.1, 0.15) is 23.7 Å². The van der Waals surface area contributed by atoms with Gasteiger partial charge in [0, 0.05) is 10.9 Å². The first kappa shape index (κ1) is 11.2. The van der Waals surface area contributed by atoms with Crippen molar-refractivity contribution in [1.29, 1.82) is 0 Å². The first-order chi connectivity index (χ1) is 8.61. The number of nitrogens with zero attached hydrogens (tertiary/aromatic N) is 2. The number of nitrogens with one attached hydrogen (secondary N) is 1. The van der Waals surface area contributed by atoms with E-state index >= 15 is 0 Å². The molecule has 3 rings (SSSR count). The molecule has 0 unspecified atom stereocenters. The van der Waals surface area contributed by atoms with Gasteiger partial charge < -0.3 is 10.0 Å². The number of carbonyl (C=O) groups is 1. The number of hydrogen-bond acceptors (Lipinski definition) is 3. The molecule has 2 heterocycles. The van der Waals surface area contributed by atoms with Crippen molar-refractivity contribution in [2.24, 2.45) is 0 Å². The Balaban J connectivity index is 1.81. The number of H-pyrrole nitrogens is 1. The Kier molecular flexibility index (Phi) is 2.38. The Morgan fingerprint density at radius 1 is 1.56 bits per heavy atom. The van der Waals surface area contributed by atoms with Gasteiger partial charge in [0.2, 0.25) is 0 Å². The second kappa shape index (κ2) is 3.81. The summed E-state index contributed by atoms with van der Waals surface area (Å²) in [4.78, 5) is 13.8. The van der Waals surface area contributed by atoms with Crippen LogP contribution in [-0.2, 0) is 0 Å². The second-order valence-electron chi connectivity index (χ2n) is 4.91. The molecular formula is C13H15N3O2. The number of fused-ring (bicyclic) bond motifs is 1. The molecule has 0 saturated carbocycles. The van der Waals surface area contributed by atoms with Crippen molar-refractivity contribution in [1.82, 2.24) is 15.1 Å². The van der Waals surface area contributed by atoms with Crippen molar-refractivity contribution in [3.8, 4) is 0 Å². The molecule has 5 heteroatoms. The molecule has 1 aliphatic rings. The topological polar surface area (TPSA) is 69.2 Å². The fourth-order valence-electron chi connectivity index (χ4n) is 2.28. The van der Waals surface area contributed by atoms with Gasteiger partial charge in [-0.05, 0) is 18.6 Å². The maximum Gasteiger partial charge on any atom is 0.254 e. The predicted molar refractivity (Wildman–Crippen MR) is 67.2 cm³/mol. The van der Waals surface area contributed by atoms with E-state index in [-0.39, 0.29) is 5.91 Å². The summed E-state index contributed by atoms with van der Waals surface area (Å²) in [5.74, 6) is -0.0374. The van der Waals surface area contributed by atoms with Crippen LogP contribution >= 0.6 is 0 Å². The number of aromatic nitrogens is 2. The van der Waals surface area contributed by atoms with Crippen molar-refractivity contribution >= 4 is 16.8 Å². The average Bonchev–Trinajstić information content (AvgIpc) is 2.81. The normalized spacial score (nSPS) is 17.8. The van der Waals surface area contributed by atoms with Crippen LogP contribution in [0, 0.1) is 0 Å². The van der Waals surface area contributed by atoms with Gasteiger partial charge in [-0.2, -0.15) is 5.10 Å². The third-order valence-electron chi connectivity index (χ3n) is 3.60. The SMILES string of the molecule is CCC1(O)CN(C(=O)c2ccc3cn[nH]c3c2)C1. The molecule has 94 valence electrons. The highest BCUT2D eigenvalue weighted by molar-refractivity contribution is 5.98. The zero-order chi connectivity index (χ0) is 12.8. The molecule has 1 fully saturated rings. The summed E-state index contributed by atoms with van der Waals surface area (Å²) in [6.45, 7) is 2.77. The van der Waals surface area contributed by atoms with Gasteiger partial charge in [0.05, 0.1) is 30.4 Å². The summed E-state index contributed by atoms with van der Waals surface area (Å²) in [5.41, 5.74) is 0.797. The summed E-state index contributed by atoms with van der Waals surface area (Å²) < 4.78 is 0. The molecule has 0 aliphatic carbocycles. The summed E-state index contributed by atoms with van der Waals surface area (Å²) in [5, 5.41) is 17.7. The number of benzene rings is 1. The van der Waals surface area contributed by atoms with E-state index in [9.17, 15) is 9.90 Å². The van der Waals surface area contributed by atoms with Gasteiger partial charge in [-0.3, -0.25) is 9.89 Å². The molecule has 0 radical (unpaired) electrons. The van der Waals surface area contributed by atoms with Crippen LogP contribution < -0.4 is 0 Å². The van der Waals surface area contributed by atoms with Crippen molar-refractivity contribution in [3.05, 3.63) is 30.0 Å². The van der Waals surface area contributed by atoms with Gasteiger partial charge in [-0.25, -0.2) is 0 Å². The van der Waals surface area contributed by atoms with Crippen molar-refractivity contribution < 1.29 is 9.90 Å². The monoisotopic (exact) mass is 245 g/mol. The third-order valence-corrected chi connectivity index (χ3v) is 3.60. The molecular weight excluding hydrogens is 230 g/mol. The van der Waals surface area contributed by atoms with Gasteiger partial charge >= 0.3 is 0 Å². The second-order valence-corrected chi connectivity index (χ2v) is 4.91. The Hall–Kier alpha value is -1.88. The summed E-state index contributed by atoms with van der Waals surface area (Å²) in [6, 6.07) is 5.47. The largest absolute Gasteiger partial charge is 0.386 e.